The van der Waals surface area contributed by atoms with Crippen molar-refractivity contribution in [3.63, 3.8) is 0 Å². The van der Waals surface area contributed by atoms with E-state index < -0.39 is 10.1 Å². The van der Waals surface area contributed by atoms with E-state index in [-0.39, 0.29) is 56.3 Å². The summed E-state index contributed by atoms with van der Waals surface area (Å²) in [4.78, 5) is 0.106. The van der Waals surface area contributed by atoms with Crippen LogP contribution in [0.3, 0.4) is 0 Å². The van der Waals surface area contributed by atoms with Gasteiger partial charge in [-0.3, -0.25) is 4.55 Å². The Kier molecular flexibility index (Phi) is 7.71. The van der Waals surface area contributed by atoms with Crippen molar-refractivity contribution in [1.29, 1.82) is 0 Å². The molecule has 0 amide bonds. The van der Waals surface area contributed by atoms with Crippen molar-refractivity contribution in [1.82, 2.24) is 0 Å². The first-order chi connectivity index (χ1) is 7.43. The summed E-state index contributed by atoms with van der Waals surface area (Å²) in [6, 6.07) is 3.73. The van der Waals surface area contributed by atoms with Gasteiger partial charge in [0.05, 0.1) is 0 Å². The first kappa shape index (κ1) is 17.8. The van der Waals surface area contributed by atoms with Crippen molar-refractivity contribution in [2.75, 3.05) is 0 Å². The van der Waals surface area contributed by atoms with Gasteiger partial charge in [0.15, 0.2) is 0 Å². The molecule has 0 aliphatic heterocycles. The fourth-order valence-electron chi connectivity index (χ4n) is 1.89. The summed E-state index contributed by atoms with van der Waals surface area (Å²) >= 11 is 0. The molecular weight excluding hydrogens is 263 g/mol. The quantitative estimate of drug-likeness (QED) is 0.678. The van der Waals surface area contributed by atoms with Crippen LogP contribution in [0, 0.1) is 0 Å². The van der Waals surface area contributed by atoms with Gasteiger partial charge in [-0.2, -0.15) is 8.42 Å². The van der Waals surface area contributed by atoms with E-state index in [0.717, 1.165) is 12.0 Å². The molecule has 0 unspecified atom stereocenters. The van der Waals surface area contributed by atoms with Crippen LogP contribution in [0.15, 0.2) is 17.0 Å². The molecule has 0 saturated carbocycles. The Hall–Kier alpha value is 0.766. The van der Waals surface area contributed by atoms with Crippen LogP contribution in [0.2, 0.25) is 0 Å². The SMILES string of the molecule is CCc1cc(CC)c(S(=O)(=O)O)c(CC)c1.[KH]. The molecule has 0 aliphatic rings. The average Bonchev–Trinajstić information content (AvgIpc) is 2.25. The number of hydrogen-bond acceptors (Lipinski definition) is 2. The zero-order chi connectivity index (χ0) is 12.3. The molecule has 92 valence electrons. The van der Waals surface area contributed by atoms with Gasteiger partial charge in [0.25, 0.3) is 10.1 Å². The molecule has 0 aliphatic carbocycles. The van der Waals surface area contributed by atoms with E-state index in [2.05, 4.69) is 0 Å². The van der Waals surface area contributed by atoms with Crippen LogP contribution in [0.25, 0.3) is 0 Å². The molecule has 0 heterocycles. The topological polar surface area (TPSA) is 54.4 Å². The van der Waals surface area contributed by atoms with Gasteiger partial charge in [-0.15, -0.1) is 0 Å². The number of benzene rings is 1. The molecular formula is C12H19KO3S. The fourth-order valence-corrected chi connectivity index (χ4v) is 2.96. The van der Waals surface area contributed by atoms with Gasteiger partial charge in [-0.25, -0.2) is 0 Å². The molecule has 0 saturated heterocycles. The summed E-state index contributed by atoms with van der Waals surface area (Å²) in [5.41, 5.74) is 2.53. The van der Waals surface area contributed by atoms with E-state index in [0.29, 0.717) is 24.0 Å². The third kappa shape index (κ3) is 4.42. The van der Waals surface area contributed by atoms with Crippen molar-refractivity contribution >= 4 is 61.5 Å². The molecule has 0 aromatic heterocycles. The molecule has 0 radical (unpaired) electrons. The van der Waals surface area contributed by atoms with E-state index in [9.17, 15) is 13.0 Å². The second-order valence-electron chi connectivity index (χ2n) is 3.78. The third-order valence-corrected chi connectivity index (χ3v) is 3.77. The Morgan fingerprint density at radius 1 is 1.00 bits per heavy atom. The van der Waals surface area contributed by atoms with Gasteiger partial charge in [0.1, 0.15) is 4.90 Å². The van der Waals surface area contributed by atoms with E-state index in [1.54, 1.807) is 0 Å². The van der Waals surface area contributed by atoms with Gasteiger partial charge >= 0.3 is 51.4 Å². The molecule has 0 atom stereocenters. The summed E-state index contributed by atoms with van der Waals surface area (Å²) in [6.07, 6.45) is 2.08. The summed E-state index contributed by atoms with van der Waals surface area (Å²) < 4.78 is 31.9. The number of rotatable bonds is 4. The van der Waals surface area contributed by atoms with Crippen LogP contribution in [-0.4, -0.2) is 64.4 Å². The van der Waals surface area contributed by atoms with Crippen LogP contribution in [0.5, 0.6) is 0 Å². The summed E-state index contributed by atoms with van der Waals surface area (Å²) in [5, 5.41) is 0. The normalized spacial score (nSPS) is 11.1. The minimum absolute atomic E-state index is 0. The van der Waals surface area contributed by atoms with Gasteiger partial charge in [-0.1, -0.05) is 32.9 Å². The predicted octanol–water partition coefficient (Wildman–Crippen LogP) is 1.97. The van der Waals surface area contributed by atoms with Crippen LogP contribution in [-0.2, 0) is 29.4 Å². The monoisotopic (exact) mass is 282 g/mol. The van der Waals surface area contributed by atoms with Crippen LogP contribution >= 0.6 is 0 Å². The maximum absolute atomic E-state index is 11.3. The van der Waals surface area contributed by atoms with E-state index in [4.69, 9.17) is 0 Å². The molecule has 17 heavy (non-hydrogen) atoms. The molecule has 1 N–H and O–H groups in total. The molecule has 0 spiro atoms. The van der Waals surface area contributed by atoms with Gasteiger partial charge < -0.3 is 0 Å². The van der Waals surface area contributed by atoms with E-state index in [1.807, 2.05) is 32.9 Å². The standard InChI is InChI=1S/C12H18O3S.K.H/c1-4-9-7-10(5-2)12(16(13,14)15)11(6-3)8-9;;/h7-8H,4-6H2,1-3H3,(H,13,14,15);;. The Labute approximate surface area is 146 Å². The van der Waals surface area contributed by atoms with Gasteiger partial charge in [0.2, 0.25) is 0 Å². The minimum atomic E-state index is -4.11. The molecule has 1 aromatic carbocycles. The van der Waals surface area contributed by atoms with Crippen LogP contribution in [0.4, 0.5) is 0 Å². The first-order valence-corrected chi connectivity index (χ1v) is 7.00. The number of hydrogen-bond donors (Lipinski definition) is 1. The Bertz CT molecular complexity index is 456. The molecule has 1 aromatic rings. The molecule has 1 rings (SSSR count). The predicted molar refractivity (Wildman–Crippen MR) is 71.5 cm³/mol. The van der Waals surface area contributed by atoms with Crippen molar-refractivity contribution in [2.24, 2.45) is 0 Å². The van der Waals surface area contributed by atoms with Crippen LogP contribution in [0.1, 0.15) is 37.5 Å². The van der Waals surface area contributed by atoms with E-state index in [1.165, 1.54) is 0 Å². The van der Waals surface area contributed by atoms with E-state index >= 15 is 0 Å². The average molecular weight is 282 g/mol. The van der Waals surface area contributed by atoms with Crippen molar-refractivity contribution < 1.29 is 13.0 Å². The summed E-state index contributed by atoms with van der Waals surface area (Å²) in [7, 11) is -4.11. The third-order valence-electron chi connectivity index (χ3n) is 2.73. The van der Waals surface area contributed by atoms with Gasteiger partial charge in [-0.05, 0) is 36.0 Å². The zero-order valence-electron chi connectivity index (χ0n) is 9.95. The van der Waals surface area contributed by atoms with Gasteiger partial charge in [0, 0.05) is 0 Å². The summed E-state index contributed by atoms with van der Waals surface area (Å²) in [5.74, 6) is 0. The molecule has 3 nitrogen and oxygen atoms in total. The first-order valence-electron chi connectivity index (χ1n) is 5.56. The second kappa shape index (κ2) is 7.38. The molecule has 5 heteroatoms. The number of aryl methyl sites for hydroxylation is 3. The summed E-state index contributed by atoms with van der Waals surface area (Å²) in [6.45, 7) is 5.81. The Balaban J connectivity index is 0.00000256. The Morgan fingerprint density at radius 2 is 1.41 bits per heavy atom. The van der Waals surface area contributed by atoms with Crippen molar-refractivity contribution in [3.8, 4) is 0 Å². The van der Waals surface area contributed by atoms with Crippen molar-refractivity contribution in [3.05, 3.63) is 28.8 Å². The fraction of sp³-hybridized carbons (Fsp3) is 0.500. The van der Waals surface area contributed by atoms with Crippen LogP contribution < -0.4 is 0 Å². The molecule has 0 fully saturated rings. The maximum atomic E-state index is 11.3. The zero-order valence-corrected chi connectivity index (χ0v) is 10.8. The second-order valence-corrected chi connectivity index (χ2v) is 5.14. The van der Waals surface area contributed by atoms with Crippen molar-refractivity contribution in [2.45, 2.75) is 44.9 Å². The Morgan fingerprint density at radius 3 is 1.65 bits per heavy atom. The molecule has 0 bridgehead atoms.